The Balaban J connectivity index is 2.61. The SMILES string of the molecule is CCn1c(C)nnc1-c1c(C)nsc1NC. The summed E-state index contributed by atoms with van der Waals surface area (Å²) >= 11 is 1.46. The van der Waals surface area contributed by atoms with Crippen molar-refractivity contribution in [3.05, 3.63) is 11.5 Å². The molecule has 0 aliphatic heterocycles. The van der Waals surface area contributed by atoms with Crippen LogP contribution >= 0.6 is 11.5 Å². The second kappa shape index (κ2) is 4.21. The van der Waals surface area contributed by atoms with Gasteiger partial charge in [-0.25, -0.2) is 0 Å². The zero-order chi connectivity index (χ0) is 11.7. The first-order valence-electron chi connectivity index (χ1n) is 5.23. The third-order valence-electron chi connectivity index (χ3n) is 2.57. The van der Waals surface area contributed by atoms with Gasteiger partial charge in [0.25, 0.3) is 0 Å². The van der Waals surface area contributed by atoms with E-state index >= 15 is 0 Å². The van der Waals surface area contributed by atoms with Gasteiger partial charge in [0, 0.05) is 13.6 Å². The second-order valence-electron chi connectivity index (χ2n) is 3.54. The van der Waals surface area contributed by atoms with Crippen LogP contribution in [0.25, 0.3) is 11.4 Å². The molecule has 2 aromatic heterocycles. The summed E-state index contributed by atoms with van der Waals surface area (Å²) in [6.07, 6.45) is 0. The molecule has 1 N–H and O–H groups in total. The average Bonchev–Trinajstić information content (AvgIpc) is 2.81. The molecule has 0 aliphatic rings. The topological polar surface area (TPSA) is 55.6 Å². The van der Waals surface area contributed by atoms with Gasteiger partial charge in [-0.3, -0.25) is 0 Å². The molecule has 0 saturated carbocycles. The van der Waals surface area contributed by atoms with Crippen LogP contribution in [0, 0.1) is 13.8 Å². The lowest BCUT2D eigenvalue weighted by atomic mass is 10.2. The molecule has 0 aliphatic carbocycles. The van der Waals surface area contributed by atoms with Crippen molar-refractivity contribution in [3.8, 4) is 11.4 Å². The van der Waals surface area contributed by atoms with E-state index in [0.29, 0.717) is 0 Å². The third-order valence-corrected chi connectivity index (χ3v) is 3.52. The van der Waals surface area contributed by atoms with Gasteiger partial charge in [0.05, 0.1) is 11.3 Å². The van der Waals surface area contributed by atoms with Crippen molar-refractivity contribution in [2.45, 2.75) is 27.3 Å². The highest BCUT2D eigenvalue weighted by molar-refractivity contribution is 7.10. The number of anilines is 1. The smallest absolute Gasteiger partial charge is 0.168 e. The van der Waals surface area contributed by atoms with E-state index in [-0.39, 0.29) is 0 Å². The van der Waals surface area contributed by atoms with Crippen LogP contribution in [0.2, 0.25) is 0 Å². The molecule has 0 saturated heterocycles. The van der Waals surface area contributed by atoms with E-state index in [4.69, 9.17) is 0 Å². The van der Waals surface area contributed by atoms with Crippen LogP contribution in [0.4, 0.5) is 5.00 Å². The molecule has 0 amide bonds. The van der Waals surface area contributed by atoms with Crippen molar-refractivity contribution < 1.29 is 0 Å². The minimum Gasteiger partial charge on any atom is -0.378 e. The third kappa shape index (κ3) is 1.59. The number of nitrogens with zero attached hydrogens (tertiary/aromatic N) is 4. The molecule has 2 aromatic rings. The van der Waals surface area contributed by atoms with Gasteiger partial charge in [-0.2, -0.15) is 4.37 Å². The summed E-state index contributed by atoms with van der Waals surface area (Å²) in [6.45, 7) is 6.92. The maximum atomic E-state index is 4.35. The predicted octanol–water partition coefficient (Wildman–Crippen LogP) is 2.08. The van der Waals surface area contributed by atoms with Crippen molar-refractivity contribution >= 4 is 16.5 Å². The van der Waals surface area contributed by atoms with Crippen LogP contribution in [0.5, 0.6) is 0 Å². The Labute approximate surface area is 98.7 Å². The molecule has 0 aromatic carbocycles. The van der Waals surface area contributed by atoms with Crippen molar-refractivity contribution in [2.24, 2.45) is 0 Å². The van der Waals surface area contributed by atoms with Crippen LogP contribution in [-0.4, -0.2) is 26.2 Å². The molecule has 16 heavy (non-hydrogen) atoms. The van der Waals surface area contributed by atoms with Crippen molar-refractivity contribution in [3.63, 3.8) is 0 Å². The Morgan fingerprint density at radius 1 is 1.31 bits per heavy atom. The summed E-state index contributed by atoms with van der Waals surface area (Å²) in [6, 6.07) is 0. The van der Waals surface area contributed by atoms with Gasteiger partial charge in [-0.1, -0.05) is 0 Å². The van der Waals surface area contributed by atoms with E-state index in [1.807, 2.05) is 20.9 Å². The summed E-state index contributed by atoms with van der Waals surface area (Å²) in [5.74, 6) is 1.83. The largest absolute Gasteiger partial charge is 0.378 e. The number of rotatable bonds is 3. The van der Waals surface area contributed by atoms with Crippen molar-refractivity contribution in [2.75, 3.05) is 12.4 Å². The Bertz CT molecular complexity index is 499. The Morgan fingerprint density at radius 3 is 2.69 bits per heavy atom. The highest BCUT2D eigenvalue weighted by atomic mass is 32.1. The first-order chi connectivity index (χ1) is 7.69. The first kappa shape index (κ1) is 11.1. The van der Waals surface area contributed by atoms with Gasteiger partial charge in [-0.15, -0.1) is 10.2 Å². The fourth-order valence-corrected chi connectivity index (χ4v) is 2.49. The van der Waals surface area contributed by atoms with Gasteiger partial charge in [0.1, 0.15) is 10.8 Å². The lowest BCUT2D eigenvalue weighted by molar-refractivity contribution is 0.736. The molecule has 2 heterocycles. The van der Waals surface area contributed by atoms with E-state index in [1.54, 1.807) is 0 Å². The van der Waals surface area contributed by atoms with E-state index in [2.05, 4.69) is 31.4 Å². The van der Waals surface area contributed by atoms with Crippen LogP contribution in [0.15, 0.2) is 0 Å². The molecule has 6 heteroatoms. The Hall–Kier alpha value is -1.43. The summed E-state index contributed by atoms with van der Waals surface area (Å²) in [5, 5.41) is 12.6. The fourth-order valence-electron chi connectivity index (χ4n) is 1.75. The zero-order valence-corrected chi connectivity index (χ0v) is 10.7. The predicted molar refractivity (Wildman–Crippen MR) is 65.8 cm³/mol. The summed E-state index contributed by atoms with van der Waals surface area (Å²) < 4.78 is 6.44. The monoisotopic (exact) mass is 237 g/mol. The van der Waals surface area contributed by atoms with Crippen LogP contribution in [0.1, 0.15) is 18.4 Å². The Kier molecular flexibility index (Phi) is 2.91. The van der Waals surface area contributed by atoms with Gasteiger partial charge in [0.15, 0.2) is 5.82 Å². The lowest BCUT2D eigenvalue weighted by Crippen LogP contribution is -2.01. The summed E-state index contributed by atoms with van der Waals surface area (Å²) in [7, 11) is 1.90. The second-order valence-corrected chi connectivity index (χ2v) is 4.31. The standard InChI is InChI=1S/C10H15N5S/c1-5-15-7(3)12-13-9(15)8-6(2)14-16-10(8)11-4/h11H,5H2,1-4H3. The number of hydrogen-bond acceptors (Lipinski definition) is 5. The minimum absolute atomic E-state index is 0.868. The molecular weight excluding hydrogens is 222 g/mol. The number of hydrogen-bond donors (Lipinski definition) is 1. The van der Waals surface area contributed by atoms with Crippen molar-refractivity contribution in [1.82, 2.24) is 19.1 Å². The van der Waals surface area contributed by atoms with Crippen LogP contribution < -0.4 is 5.32 Å². The van der Waals surface area contributed by atoms with Crippen LogP contribution in [0.3, 0.4) is 0 Å². The maximum absolute atomic E-state index is 4.35. The number of aryl methyl sites for hydroxylation is 2. The van der Waals surface area contributed by atoms with Gasteiger partial charge in [-0.05, 0) is 32.3 Å². The molecule has 0 fully saturated rings. The summed E-state index contributed by atoms with van der Waals surface area (Å²) in [5.41, 5.74) is 2.06. The highest BCUT2D eigenvalue weighted by Crippen LogP contribution is 2.33. The van der Waals surface area contributed by atoms with Gasteiger partial charge >= 0.3 is 0 Å². The maximum Gasteiger partial charge on any atom is 0.168 e. The highest BCUT2D eigenvalue weighted by Gasteiger charge is 2.18. The fraction of sp³-hybridized carbons (Fsp3) is 0.500. The minimum atomic E-state index is 0.868. The molecule has 0 atom stereocenters. The molecule has 0 radical (unpaired) electrons. The van der Waals surface area contributed by atoms with Gasteiger partial charge < -0.3 is 9.88 Å². The average molecular weight is 237 g/mol. The van der Waals surface area contributed by atoms with E-state index in [1.165, 1.54) is 11.5 Å². The number of aromatic nitrogens is 4. The molecular formula is C10H15N5S. The number of nitrogens with one attached hydrogen (secondary N) is 1. The molecule has 0 spiro atoms. The van der Waals surface area contributed by atoms with E-state index < -0.39 is 0 Å². The molecule has 86 valence electrons. The van der Waals surface area contributed by atoms with Crippen LogP contribution in [-0.2, 0) is 6.54 Å². The van der Waals surface area contributed by atoms with Crippen molar-refractivity contribution in [1.29, 1.82) is 0 Å². The van der Waals surface area contributed by atoms with Gasteiger partial charge in [0.2, 0.25) is 0 Å². The quantitative estimate of drug-likeness (QED) is 0.888. The van der Waals surface area contributed by atoms with E-state index in [9.17, 15) is 0 Å². The Morgan fingerprint density at radius 2 is 2.06 bits per heavy atom. The lowest BCUT2D eigenvalue weighted by Gasteiger charge is -2.06. The molecule has 0 unspecified atom stereocenters. The molecule has 2 rings (SSSR count). The molecule has 0 bridgehead atoms. The first-order valence-corrected chi connectivity index (χ1v) is 6.00. The molecule has 5 nitrogen and oxygen atoms in total. The zero-order valence-electron chi connectivity index (χ0n) is 9.90. The summed E-state index contributed by atoms with van der Waals surface area (Å²) in [4.78, 5) is 0. The normalized spacial score (nSPS) is 10.8. The van der Waals surface area contributed by atoms with E-state index in [0.717, 1.165) is 34.5 Å².